The average Bonchev–Trinajstić information content (AvgIpc) is 2.40. The Morgan fingerprint density at radius 2 is 1.64 bits per heavy atom. The van der Waals surface area contributed by atoms with Crippen LogP contribution in [0.15, 0.2) is 54.1 Å². The molecule has 0 aliphatic rings. The van der Waals surface area contributed by atoms with E-state index in [0.717, 1.165) is 12.1 Å². The van der Waals surface area contributed by atoms with Gasteiger partial charge in [0.2, 0.25) is 0 Å². The van der Waals surface area contributed by atoms with Crippen LogP contribution in [0, 0.1) is 6.92 Å². The summed E-state index contributed by atoms with van der Waals surface area (Å²) in [4.78, 5) is 2.16. The van der Waals surface area contributed by atoms with Crippen molar-refractivity contribution in [3.8, 4) is 5.75 Å². The lowest BCUT2D eigenvalue weighted by Crippen LogP contribution is -2.15. The van der Waals surface area contributed by atoms with E-state index in [9.17, 15) is 5.11 Å². The molecule has 0 radical (unpaired) electrons. The summed E-state index contributed by atoms with van der Waals surface area (Å²) in [6.07, 6.45) is 0. The Balaban J connectivity index is 0.00000242. The van der Waals surface area contributed by atoms with Crippen molar-refractivity contribution in [2.24, 2.45) is 0 Å². The van der Waals surface area contributed by atoms with Gasteiger partial charge in [-0.05, 0) is 56.8 Å². The van der Waals surface area contributed by atoms with E-state index < -0.39 is 0 Å². The monoisotopic (exact) mass is 317 g/mol. The number of aromatic hydroxyl groups is 1. The van der Waals surface area contributed by atoms with Gasteiger partial charge in [0.1, 0.15) is 5.75 Å². The number of aryl methyl sites for hydroxylation is 1. The van der Waals surface area contributed by atoms with Crippen molar-refractivity contribution >= 4 is 18.0 Å². The Morgan fingerprint density at radius 3 is 2.18 bits per heavy atom. The van der Waals surface area contributed by atoms with Crippen LogP contribution >= 0.6 is 12.4 Å². The van der Waals surface area contributed by atoms with Crippen molar-refractivity contribution < 1.29 is 5.11 Å². The summed E-state index contributed by atoms with van der Waals surface area (Å²) in [6, 6.07) is 16.0. The van der Waals surface area contributed by atoms with Gasteiger partial charge in [-0.1, -0.05) is 47.5 Å². The maximum absolute atomic E-state index is 9.78. The summed E-state index contributed by atoms with van der Waals surface area (Å²) in [6.45, 7) is 5.13. The molecule has 2 aromatic rings. The lowest BCUT2D eigenvalue weighted by molar-refractivity contribution is 0.446. The molecule has 0 saturated carbocycles. The highest BCUT2D eigenvalue weighted by molar-refractivity contribution is 5.85. The predicted molar refractivity (Wildman–Crippen MR) is 96.8 cm³/mol. The molecule has 118 valence electrons. The predicted octanol–water partition coefficient (Wildman–Crippen LogP) is 4.51. The lowest BCUT2D eigenvalue weighted by atomic mass is 9.92. The maximum Gasteiger partial charge on any atom is 0.116 e. The normalized spacial score (nSPS) is 11.9. The Labute approximate surface area is 139 Å². The Bertz CT molecular complexity index is 645. The summed E-state index contributed by atoms with van der Waals surface area (Å²) in [7, 11) is 4.14. The molecule has 2 nitrogen and oxygen atoms in total. The van der Waals surface area contributed by atoms with Crippen molar-refractivity contribution in [2.75, 3.05) is 20.6 Å². The van der Waals surface area contributed by atoms with Crippen LogP contribution in [0.25, 0.3) is 5.57 Å². The first-order chi connectivity index (χ1) is 9.97. The summed E-state index contributed by atoms with van der Waals surface area (Å²) in [5, 5.41) is 9.78. The first kappa shape index (κ1) is 18.3. The third-order valence-electron chi connectivity index (χ3n) is 3.46. The largest absolute Gasteiger partial charge is 0.508 e. The fourth-order valence-electron chi connectivity index (χ4n) is 2.59. The van der Waals surface area contributed by atoms with Crippen LogP contribution in [0.2, 0.25) is 0 Å². The van der Waals surface area contributed by atoms with E-state index in [1.54, 1.807) is 6.07 Å². The molecule has 0 bridgehead atoms. The fourth-order valence-corrected chi connectivity index (χ4v) is 2.59. The molecule has 1 N–H and O–H groups in total. The van der Waals surface area contributed by atoms with Gasteiger partial charge in [-0.25, -0.2) is 0 Å². The second kappa shape index (κ2) is 8.02. The van der Waals surface area contributed by atoms with Gasteiger partial charge in [-0.2, -0.15) is 0 Å². The molecular formula is C19H24ClNO. The molecule has 0 aromatic heterocycles. The molecule has 2 rings (SSSR count). The Kier molecular flexibility index (Phi) is 6.66. The number of benzene rings is 2. The van der Waals surface area contributed by atoms with Gasteiger partial charge in [0, 0.05) is 6.54 Å². The zero-order valence-corrected chi connectivity index (χ0v) is 14.4. The quantitative estimate of drug-likeness (QED) is 0.897. The molecule has 0 spiro atoms. The molecule has 0 aliphatic carbocycles. The number of nitrogens with zero attached hydrogens (tertiary/aromatic N) is 1. The lowest BCUT2D eigenvalue weighted by Gasteiger charge is -2.17. The summed E-state index contributed by atoms with van der Waals surface area (Å²) in [5.41, 5.74) is 5.97. The molecule has 3 heteroatoms. The van der Waals surface area contributed by atoms with Crippen molar-refractivity contribution in [3.05, 3.63) is 70.8 Å². The number of rotatable bonds is 4. The molecule has 0 heterocycles. The molecule has 0 unspecified atom stereocenters. The Morgan fingerprint density at radius 1 is 1.00 bits per heavy atom. The Hall–Kier alpha value is -1.77. The van der Waals surface area contributed by atoms with Gasteiger partial charge in [0.25, 0.3) is 0 Å². The molecule has 0 aliphatic heterocycles. The van der Waals surface area contributed by atoms with Crippen molar-refractivity contribution in [3.63, 3.8) is 0 Å². The van der Waals surface area contributed by atoms with E-state index in [0.29, 0.717) is 5.75 Å². The van der Waals surface area contributed by atoms with E-state index in [1.165, 1.54) is 22.3 Å². The summed E-state index contributed by atoms with van der Waals surface area (Å²) in [5.74, 6) is 0.301. The molecular weight excluding hydrogens is 294 g/mol. The highest BCUT2D eigenvalue weighted by Crippen LogP contribution is 2.29. The fraction of sp³-hybridized carbons (Fsp3) is 0.263. The van der Waals surface area contributed by atoms with Crippen LogP contribution in [0.1, 0.15) is 23.6 Å². The highest BCUT2D eigenvalue weighted by Gasteiger charge is 2.10. The number of likely N-dealkylation sites (N-methyl/N-ethyl adjacent to an activating group) is 1. The summed E-state index contributed by atoms with van der Waals surface area (Å²) < 4.78 is 0. The van der Waals surface area contributed by atoms with Gasteiger partial charge in [0.15, 0.2) is 0 Å². The van der Waals surface area contributed by atoms with E-state index in [4.69, 9.17) is 0 Å². The third-order valence-corrected chi connectivity index (χ3v) is 3.46. The second-order valence-electron chi connectivity index (χ2n) is 5.81. The number of hydrogen-bond acceptors (Lipinski definition) is 2. The van der Waals surface area contributed by atoms with E-state index in [-0.39, 0.29) is 12.4 Å². The van der Waals surface area contributed by atoms with Crippen LogP contribution in [-0.2, 0) is 0 Å². The highest BCUT2D eigenvalue weighted by atomic mass is 35.5. The van der Waals surface area contributed by atoms with Crippen LogP contribution in [-0.4, -0.2) is 30.6 Å². The SMILES string of the molecule is C/C(CN(C)C)=C(\c1ccc(C)cc1)c1cccc(O)c1.Cl. The van der Waals surface area contributed by atoms with Crippen LogP contribution in [0.4, 0.5) is 0 Å². The number of phenols is 1. The topological polar surface area (TPSA) is 23.5 Å². The standard InChI is InChI=1S/C19H23NO.ClH/c1-14-8-10-16(11-9-14)19(15(2)13-20(3)4)17-6-5-7-18(21)12-17;/h5-12,21H,13H2,1-4H3;1H/b19-15-;. The first-order valence-electron chi connectivity index (χ1n) is 7.18. The molecule has 2 aromatic carbocycles. The maximum atomic E-state index is 9.78. The third kappa shape index (κ3) is 4.62. The van der Waals surface area contributed by atoms with Gasteiger partial charge in [-0.3, -0.25) is 0 Å². The minimum Gasteiger partial charge on any atom is -0.508 e. The van der Waals surface area contributed by atoms with E-state index >= 15 is 0 Å². The number of phenolic OH excluding ortho intramolecular Hbond substituents is 1. The van der Waals surface area contributed by atoms with Crippen molar-refractivity contribution in [1.29, 1.82) is 0 Å². The van der Waals surface area contributed by atoms with Crippen LogP contribution in [0.5, 0.6) is 5.75 Å². The minimum absolute atomic E-state index is 0. The van der Waals surface area contributed by atoms with Crippen molar-refractivity contribution in [2.45, 2.75) is 13.8 Å². The minimum atomic E-state index is 0. The molecule has 0 amide bonds. The number of halogens is 1. The van der Waals surface area contributed by atoms with Gasteiger partial charge >= 0.3 is 0 Å². The van der Waals surface area contributed by atoms with Gasteiger partial charge in [-0.15, -0.1) is 12.4 Å². The van der Waals surface area contributed by atoms with Gasteiger partial charge in [0.05, 0.1) is 0 Å². The summed E-state index contributed by atoms with van der Waals surface area (Å²) >= 11 is 0. The number of hydrogen-bond donors (Lipinski definition) is 1. The van der Waals surface area contributed by atoms with Crippen LogP contribution < -0.4 is 0 Å². The van der Waals surface area contributed by atoms with Crippen molar-refractivity contribution in [1.82, 2.24) is 4.90 Å². The smallest absolute Gasteiger partial charge is 0.116 e. The van der Waals surface area contributed by atoms with E-state index in [1.807, 2.05) is 18.2 Å². The van der Waals surface area contributed by atoms with Crippen LogP contribution in [0.3, 0.4) is 0 Å². The molecule has 0 atom stereocenters. The molecule has 0 fully saturated rings. The average molecular weight is 318 g/mol. The second-order valence-corrected chi connectivity index (χ2v) is 5.81. The molecule has 0 saturated heterocycles. The molecule has 22 heavy (non-hydrogen) atoms. The van der Waals surface area contributed by atoms with Gasteiger partial charge < -0.3 is 10.0 Å². The first-order valence-corrected chi connectivity index (χ1v) is 7.18. The zero-order chi connectivity index (χ0) is 15.4. The van der Waals surface area contributed by atoms with E-state index in [2.05, 4.69) is 57.1 Å². The zero-order valence-electron chi connectivity index (χ0n) is 13.6.